The molecule has 0 heterocycles. The summed E-state index contributed by atoms with van der Waals surface area (Å²) in [6, 6.07) is 18.2. The minimum Gasteiger partial charge on any atom is -0.508 e. The Morgan fingerprint density at radius 2 is 1.83 bits per heavy atom. The highest BCUT2D eigenvalue weighted by Crippen LogP contribution is 2.36. The van der Waals surface area contributed by atoms with Crippen molar-refractivity contribution in [2.75, 3.05) is 5.32 Å². The average molecular weight is 407 g/mol. The van der Waals surface area contributed by atoms with E-state index in [0.29, 0.717) is 16.9 Å². The first-order valence-electron chi connectivity index (χ1n) is 8.58. The van der Waals surface area contributed by atoms with Gasteiger partial charge in [-0.25, -0.2) is 0 Å². The van der Waals surface area contributed by atoms with Crippen molar-refractivity contribution in [1.82, 2.24) is 0 Å². The van der Waals surface area contributed by atoms with E-state index >= 15 is 0 Å². The van der Waals surface area contributed by atoms with E-state index in [1.54, 1.807) is 30.5 Å². The van der Waals surface area contributed by atoms with Gasteiger partial charge in [-0.05, 0) is 42.5 Å². The molecule has 0 spiro atoms. The molecule has 0 aliphatic carbocycles. The second-order valence-electron chi connectivity index (χ2n) is 6.03. The molecule has 0 saturated carbocycles. The van der Waals surface area contributed by atoms with Gasteiger partial charge in [0.1, 0.15) is 5.75 Å². The Bertz CT molecular complexity index is 1080. The summed E-state index contributed by atoms with van der Waals surface area (Å²) in [5, 5.41) is 23.3. The van der Waals surface area contributed by atoms with Gasteiger partial charge in [0.15, 0.2) is 0 Å². The lowest BCUT2D eigenvalue weighted by Crippen LogP contribution is -2.06. The summed E-state index contributed by atoms with van der Waals surface area (Å²) in [7, 11) is 0. The SMILES string of the molecule is CC(=O)Nc1ccccc1Sc1ccc([N+](=O)[O-])cc1C=Nc1ccc(O)cc1. The molecule has 0 aromatic heterocycles. The lowest BCUT2D eigenvalue weighted by molar-refractivity contribution is -0.384. The summed E-state index contributed by atoms with van der Waals surface area (Å²) in [5.41, 5.74) is 1.78. The van der Waals surface area contributed by atoms with Crippen molar-refractivity contribution in [2.45, 2.75) is 16.7 Å². The van der Waals surface area contributed by atoms with E-state index in [1.807, 2.05) is 18.2 Å². The molecule has 0 radical (unpaired) electrons. The standard InChI is InChI=1S/C21H17N3O4S/c1-14(25)23-19-4-2-3-5-21(19)29-20-11-8-17(24(27)28)12-15(20)13-22-16-6-9-18(26)10-7-16/h2-13,26H,1H3,(H,23,25). The molecule has 8 heteroatoms. The van der Waals surface area contributed by atoms with Crippen LogP contribution in [0.4, 0.5) is 17.1 Å². The third-order valence-corrected chi connectivity index (χ3v) is 4.99. The smallest absolute Gasteiger partial charge is 0.270 e. The molecule has 29 heavy (non-hydrogen) atoms. The number of hydrogen-bond donors (Lipinski definition) is 2. The number of aromatic hydroxyl groups is 1. The summed E-state index contributed by atoms with van der Waals surface area (Å²) in [6.45, 7) is 1.43. The van der Waals surface area contributed by atoms with Gasteiger partial charge in [0.05, 0.1) is 16.3 Å². The summed E-state index contributed by atoms with van der Waals surface area (Å²) in [6.07, 6.45) is 1.54. The molecule has 0 fully saturated rings. The van der Waals surface area contributed by atoms with Crippen molar-refractivity contribution in [2.24, 2.45) is 4.99 Å². The molecule has 3 aromatic carbocycles. The number of nitro benzene ring substituents is 1. The van der Waals surface area contributed by atoms with Gasteiger partial charge >= 0.3 is 0 Å². The normalized spacial score (nSPS) is 10.8. The van der Waals surface area contributed by atoms with Gasteiger partial charge in [0, 0.05) is 40.6 Å². The number of nitrogens with zero attached hydrogens (tertiary/aromatic N) is 2. The van der Waals surface area contributed by atoms with Crippen LogP contribution in [0.5, 0.6) is 5.75 Å². The first kappa shape index (κ1) is 20.1. The fraction of sp³-hybridized carbons (Fsp3) is 0.0476. The predicted molar refractivity (Wildman–Crippen MR) is 113 cm³/mol. The van der Waals surface area contributed by atoms with E-state index in [4.69, 9.17) is 0 Å². The Balaban J connectivity index is 1.97. The van der Waals surface area contributed by atoms with Crippen LogP contribution in [0.3, 0.4) is 0 Å². The molecule has 0 bridgehead atoms. The number of anilines is 1. The van der Waals surface area contributed by atoms with E-state index < -0.39 is 4.92 Å². The zero-order chi connectivity index (χ0) is 20.8. The monoisotopic (exact) mass is 407 g/mol. The number of nitro groups is 1. The molecule has 7 nitrogen and oxygen atoms in total. The van der Waals surface area contributed by atoms with Crippen LogP contribution < -0.4 is 5.32 Å². The summed E-state index contributed by atoms with van der Waals surface area (Å²) in [4.78, 5) is 28.1. The summed E-state index contributed by atoms with van der Waals surface area (Å²) < 4.78 is 0. The molecule has 0 aliphatic rings. The number of benzene rings is 3. The van der Waals surface area contributed by atoms with Crippen LogP contribution in [0.2, 0.25) is 0 Å². The summed E-state index contributed by atoms with van der Waals surface area (Å²) in [5.74, 6) is -0.0546. The van der Waals surface area contributed by atoms with E-state index in [9.17, 15) is 20.0 Å². The predicted octanol–water partition coefficient (Wildman–Crippen LogP) is 5.16. The zero-order valence-corrected chi connectivity index (χ0v) is 16.2. The van der Waals surface area contributed by atoms with Crippen LogP contribution in [-0.2, 0) is 4.79 Å². The zero-order valence-electron chi connectivity index (χ0n) is 15.4. The Morgan fingerprint density at radius 3 is 2.52 bits per heavy atom. The number of aliphatic imine (C=N–C) groups is 1. The number of phenols is 1. The molecule has 3 aromatic rings. The molecule has 0 aliphatic heterocycles. The molecular formula is C21H17N3O4S. The number of carbonyl (C=O) groups is 1. The Labute approximate surface area is 171 Å². The Kier molecular flexibility index (Phi) is 6.25. The van der Waals surface area contributed by atoms with Gasteiger partial charge in [-0.3, -0.25) is 19.9 Å². The van der Waals surface area contributed by atoms with Gasteiger partial charge in [0.25, 0.3) is 5.69 Å². The number of phenolic OH excluding ortho intramolecular Hbond substituents is 1. The van der Waals surface area contributed by atoms with Crippen LogP contribution in [0.25, 0.3) is 0 Å². The number of nitrogens with one attached hydrogen (secondary N) is 1. The van der Waals surface area contributed by atoms with E-state index in [2.05, 4.69) is 10.3 Å². The van der Waals surface area contributed by atoms with Crippen LogP contribution in [0.1, 0.15) is 12.5 Å². The van der Waals surface area contributed by atoms with Crippen molar-refractivity contribution in [1.29, 1.82) is 0 Å². The minimum absolute atomic E-state index is 0.0448. The molecule has 3 rings (SSSR count). The van der Waals surface area contributed by atoms with E-state index in [0.717, 1.165) is 9.79 Å². The first-order chi connectivity index (χ1) is 13.9. The highest BCUT2D eigenvalue weighted by atomic mass is 32.2. The average Bonchev–Trinajstić information content (AvgIpc) is 2.69. The number of hydrogen-bond acceptors (Lipinski definition) is 6. The highest BCUT2D eigenvalue weighted by Gasteiger charge is 2.13. The summed E-state index contributed by atoms with van der Waals surface area (Å²) >= 11 is 1.37. The number of non-ortho nitro benzene ring substituents is 1. The fourth-order valence-electron chi connectivity index (χ4n) is 2.49. The quantitative estimate of drug-likeness (QED) is 0.334. The van der Waals surface area contributed by atoms with Crippen molar-refractivity contribution >= 4 is 40.9 Å². The maximum absolute atomic E-state index is 11.5. The van der Waals surface area contributed by atoms with Crippen molar-refractivity contribution in [3.05, 3.63) is 82.4 Å². The third kappa shape index (κ3) is 5.43. The van der Waals surface area contributed by atoms with E-state index in [1.165, 1.54) is 43.0 Å². The van der Waals surface area contributed by atoms with Crippen molar-refractivity contribution in [3.63, 3.8) is 0 Å². The topological polar surface area (TPSA) is 105 Å². The van der Waals surface area contributed by atoms with Gasteiger partial charge in [-0.15, -0.1) is 0 Å². The number of para-hydroxylation sites is 1. The van der Waals surface area contributed by atoms with Crippen LogP contribution in [0.15, 0.2) is 81.5 Å². The highest BCUT2D eigenvalue weighted by molar-refractivity contribution is 7.99. The molecule has 1 amide bonds. The fourth-order valence-corrected chi connectivity index (χ4v) is 3.47. The number of carbonyl (C=O) groups excluding carboxylic acids is 1. The molecule has 146 valence electrons. The molecule has 0 unspecified atom stereocenters. The molecule has 0 saturated heterocycles. The van der Waals surface area contributed by atoms with Gasteiger partial charge in [-0.1, -0.05) is 23.9 Å². The lowest BCUT2D eigenvalue weighted by Gasteiger charge is -2.11. The van der Waals surface area contributed by atoms with Crippen LogP contribution in [0, 0.1) is 10.1 Å². The van der Waals surface area contributed by atoms with Crippen LogP contribution in [-0.4, -0.2) is 22.2 Å². The number of amides is 1. The van der Waals surface area contributed by atoms with Gasteiger partial charge in [-0.2, -0.15) is 0 Å². The maximum Gasteiger partial charge on any atom is 0.270 e. The van der Waals surface area contributed by atoms with Gasteiger partial charge < -0.3 is 10.4 Å². The first-order valence-corrected chi connectivity index (χ1v) is 9.40. The minimum atomic E-state index is -0.461. The second-order valence-corrected chi connectivity index (χ2v) is 7.12. The largest absolute Gasteiger partial charge is 0.508 e. The lowest BCUT2D eigenvalue weighted by atomic mass is 10.2. The Morgan fingerprint density at radius 1 is 1.10 bits per heavy atom. The molecular weight excluding hydrogens is 390 g/mol. The third-order valence-electron chi connectivity index (χ3n) is 3.82. The second kappa shape index (κ2) is 9.03. The van der Waals surface area contributed by atoms with Gasteiger partial charge in [0.2, 0.25) is 5.91 Å². The van der Waals surface area contributed by atoms with Crippen LogP contribution >= 0.6 is 11.8 Å². The Hall–Kier alpha value is -3.65. The maximum atomic E-state index is 11.5. The van der Waals surface area contributed by atoms with Crippen molar-refractivity contribution in [3.8, 4) is 5.75 Å². The van der Waals surface area contributed by atoms with E-state index in [-0.39, 0.29) is 17.3 Å². The molecule has 2 N–H and O–H groups in total. The molecule has 0 atom stereocenters. The van der Waals surface area contributed by atoms with Crippen molar-refractivity contribution < 1.29 is 14.8 Å². The number of rotatable bonds is 6.